The Balaban J connectivity index is 3.09. The zero-order chi connectivity index (χ0) is 11.3. The van der Waals surface area contributed by atoms with Gasteiger partial charge in [0.1, 0.15) is 5.76 Å². The average molecular weight is 208 g/mol. The van der Waals surface area contributed by atoms with Gasteiger partial charge >= 0.3 is 0 Å². The molecule has 0 atom stereocenters. The average Bonchev–Trinajstić information content (AvgIpc) is 2.40. The van der Waals surface area contributed by atoms with E-state index < -0.39 is 0 Å². The fourth-order valence-corrected chi connectivity index (χ4v) is 1.70. The molecule has 1 aliphatic carbocycles. The van der Waals surface area contributed by atoms with Gasteiger partial charge in [0.15, 0.2) is 0 Å². The molecular weight excluding hydrogens is 188 g/mol. The second-order valence-corrected chi connectivity index (χ2v) is 3.90. The minimum atomic E-state index is 0.0376. The number of aliphatic hydroxyl groups is 1. The molecule has 0 aliphatic heterocycles. The smallest absolute Gasteiger partial charge is 0.127 e. The summed E-state index contributed by atoms with van der Waals surface area (Å²) in [5.41, 5.74) is 2.08. The molecule has 1 rings (SSSR count). The molecule has 0 saturated carbocycles. The molecule has 0 aromatic rings. The van der Waals surface area contributed by atoms with E-state index in [1.807, 2.05) is 13.0 Å². The van der Waals surface area contributed by atoms with Crippen LogP contribution in [0.25, 0.3) is 0 Å². The first-order valence-corrected chi connectivity index (χ1v) is 5.54. The van der Waals surface area contributed by atoms with Crippen LogP contribution in [0.4, 0.5) is 0 Å². The third-order valence-electron chi connectivity index (χ3n) is 2.43. The fourth-order valence-electron chi connectivity index (χ4n) is 1.70. The van der Waals surface area contributed by atoms with Crippen molar-refractivity contribution in [2.75, 3.05) is 13.2 Å². The largest absolute Gasteiger partial charge is 0.493 e. The Morgan fingerprint density at radius 1 is 1.47 bits per heavy atom. The van der Waals surface area contributed by atoms with Gasteiger partial charge in [-0.2, -0.15) is 0 Å². The number of ether oxygens (including phenoxy) is 1. The summed E-state index contributed by atoms with van der Waals surface area (Å²) in [4.78, 5) is 0. The van der Waals surface area contributed by atoms with Crippen molar-refractivity contribution in [1.82, 2.24) is 0 Å². The number of aliphatic hydroxyl groups excluding tert-OH is 1. The highest BCUT2D eigenvalue weighted by atomic mass is 16.5. The second-order valence-electron chi connectivity index (χ2n) is 3.90. The first kappa shape index (κ1) is 12.1. The summed E-state index contributed by atoms with van der Waals surface area (Å²) in [6.07, 6.45) is 7.10. The lowest BCUT2D eigenvalue weighted by atomic mass is 9.98. The van der Waals surface area contributed by atoms with Crippen LogP contribution in [0.3, 0.4) is 0 Å². The first-order valence-electron chi connectivity index (χ1n) is 5.54. The molecule has 0 spiro atoms. The molecule has 0 saturated heterocycles. The van der Waals surface area contributed by atoms with E-state index in [1.165, 1.54) is 5.57 Å². The molecule has 0 fully saturated rings. The molecule has 0 heterocycles. The van der Waals surface area contributed by atoms with E-state index in [-0.39, 0.29) is 6.61 Å². The predicted octanol–water partition coefficient (Wildman–Crippen LogP) is 2.81. The molecule has 0 unspecified atom stereocenters. The summed E-state index contributed by atoms with van der Waals surface area (Å²) in [7, 11) is 0. The third-order valence-corrected chi connectivity index (χ3v) is 2.43. The molecule has 0 amide bonds. The maximum Gasteiger partial charge on any atom is 0.127 e. The maximum atomic E-state index is 9.30. The van der Waals surface area contributed by atoms with Gasteiger partial charge in [0.25, 0.3) is 0 Å². The van der Waals surface area contributed by atoms with Crippen molar-refractivity contribution in [3.63, 3.8) is 0 Å². The Labute approximate surface area is 92.0 Å². The summed E-state index contributed by atoms with van der Waals surface area (Å²) < 4.78 is 5.64. The lowest BCUT2D eigenvalue weighted by Gasteiger charge is -2.17. The molecule has 84 valence electrons. The summed E-state index contributed by atoms with van der Waals surface area (Å²) in [6, 6.07) is 0. The molecule has 2 heteroatoms. The highest BCUT2D eigenvalue weighted by Crippen LogP contribution is 2.27. The minimum absolute atomic E-state index is 0.0376. The van der Waals surface area contributed by atoms with E-state index in [4.69, 9.17) is 4.74 Å². The topological polar surface area (TPSA) is 29.5 Å². The summed E-state index contributed by atoms with van der Waals surface area (Å²) >= 11 is 0. The van der Waals surface area contributed by atoms with E-state index in [0.717, 1.165) is 17.8 Å². The fraction of sp³-hybridized carbons (Fsp3) is 0.538. The maximum absolute atomic E-state index is 9.30. The van der Waals surface area contributed by atoms with Crippen LogP contribution in [0, 0.1) is 5.92 Å². The first-order chi connectivity index (χ1) is 7.20. The van der Waals surface area contributed by atoms with Crippen LogP contribution in [-0.4, -0.2) is 18.3 Å². The lowest BCUT2D eigenvalue weighted by Crippen LogP contribution is -2.06. The van der Waals surface area contributed by atoms with Crippen molar-refractivity contribution in [3.05, 3.63) is 35.1 Å². The van der Waals surface area contributed by atoms with Crippen molar-refractivity contribution in [1.29, 1.82) is 0 Å². The zero-order valence-electron chi connectivity index (χ0n) is 9.79. The van der Waals surface area contributed by atoms with E-state index >= 15 is 0 Å². The van der Waals surface area contributed by atoms with E-state index in [1.54, 1.807) is 0 Å². The highest BCUT2D eigenvalue weighted by molar-refractivity contribution is 5.40. The van der Waals surface area contributed by atoms with Crippen LogP contribution in [0.2, 0.25) is 0 Å². The zero-order valence-corrected chi connectivity index (χ0v) is 9.79. The summed E-state index contributed by atoms with van der Waals surface area (Å²) in [5.74, 6) is 1.29. The quantitative estimate of drug-likeness (QED) is 0.769. The molecule has 15 heavy (non-hydrogen) atoms. The monoisotopic (exact) mass is 208 g/mol. The molecule has 2 nitrogen and oxygen atoms in total. The van der Waals surface area contributed by atoms with Gasteiger partial charge in [-0.1, -0.05) is 32.1 Å². The SMILES string of the molecule is CCOC1=C(CO)C=CCC=C1C(C)C. The van der Waals surface area contributed by atoms with Crippen molar-refractivity contribution in [2.45, 2.75) is 27.2 Å². The lowest BCUT2D eigenvalue weighted by molar-refractivity contribution is 0.223. The Morgan fingerprint density at radius 3 is 2.73 bits per heavy atom. The van der Waals surface area contributed by atoms with Crippen LogP contribution in [-0.2, 0) is 4.74 Å². The van der Waals surface area contributed by atoms with E-state index in [9.17, 15) is 5.11 Å². The van der Waals surface area contributed by atoms with Gasteiger partial charge in [-0.3, -0.25) is 0 Å². The van der Waals surface area contributed by atoms with Gasteiger partial charge in [-0.05, 0) is 24.8 Å². The normalized spacial score (nSPS) is 16.7. The van der Waals surface area contributed by atoms with Crippen LogP contribution < -0.4 is 0 Å². The van der Waals surface area contributed by atoms with Crippen LogP contribution >= 0.6 is 0 Å². The Morgan fingerprint density at radius 2 is 2.20 bits per heavy atom. The Kier molecular flexibility index (Phi) is 4.63. The molecule has 0 radical (unpaired) electrons. The predicted molar refractivity (Wildman–Crippen MR) is 62.4 cm³/mol. The minimum Gasteiger partial charge on any atom is -0.493 e. The van der Waals surface area contributed by atoms with Gasteiger partial charge in [0.05, 0.1) is 13.2 Å². The standard InChI is InChI=1S/C13H20O2/c1-4-15-13-11(9-14)7-5-6-8-12(13)10(2)3/h5,7-8,10,14H,4,6,9H2,1-3H3. The van der Waals surface area contributed by atoms with Crippen LogP contribution in [0.1, 0.15) is 27.2 Å². The van der Waals surface area contributed by atoms with Crippen molar-refractivity contribution >= 4 is 0 Å². The van der Waals surface area contributed by atoms with Gasteiger partial charge in [-0.15, -0.1) is 0 Å². The molecule has 1 aliphatic rings. The third kappa shape index (κ3) is 2.96. The Hall–Kier alpha value is -1.02. The molecule has 0 aromatic carbocycles. The van der Waals surface area contributed by atoms with E-state index in [0.29, 0.717) is 12.5 Å². The van der Waals surface area contributed by atoms with Crippen molar-refractivity contribution < 1.29 is 9.84 Å². The molecule has 0 bridgehead atoms. The number of rotatable bonds is 4. The number of hydrogen-bond donors (Lipinski definition) is 1. The highest BCUT2D eigenvalue weighted by Gasteiger charge is 2.15. The van der Waals surface area contributed by atoms with Gasteiger partial charge < -0.3 is 9.84 Å². The van der Waals surface area contributed by atoms with E-state index in [2.05, 4.69) is 26.0 Å². The van der Waals surface area contributed by atoms with Gasteiger partial charge in [-0.25, -0.2) is 0 Å². The molecule has 1 N–H and O–H groups in total. The molecular formula is C13H20O2. The van der Waals surface area contributed by atoms with Gasteiger partial charge in [0.2, 0.25) is 0 Å². The van der Waals surface area contributed by atoms with Crippen LogP contribution in [0.15, 0.2) is 35.1 Å². The number of hydrogen-bond acceptors (Lipinski definition) is 2. The number of allylic oxidation sites excluding steroid dienone is 3. The summed E-state index contributed by atoms with van der Waals surface area (Å²) in [6.45, 7) is 6.93. The van der Waals surface area contributed by atoms with Crippen LogP contribution in [0.5, 0.6) is 0 Å². The summed E-state index contributed by atoms with van der Waals surface area (Å²) in [5, 5.41) is 9.30. The van der Waals surface area contributed by atoms with Crippen molar-refractivity contribution in [3.8, 4) is 0 Å². The molecule has 0 aromatic heterocycles. The van der Waals surface area contributed by atoms with Crippen molar-refractivity contribution in [2.24, 2.45) is 5.92 Å². The Bertz CT molecular complexity index is 296. The second kappa shape index (κ2) is 5.76. The van der Waals surface area contributed by atoms with Gasteiger partial charge in [0, 0.05) is 5.57 Å².